The molecule has 3 aromatic carbocycles. The molecule has 1 fully saturated rings. The zero-order valence-electron chi connectivity index (χ0n) is 19.0. The SMILES string of the molecule is COc1ccc(OC)c([C@H]2[C@@H](N3C(=O)c4ccc([N+](=O)[O-])cc4C3=O)C(=O)N2c2ccc(Br)cc2)c1. The average molecular weight is 552 g/mol. The van der Waals surface area contributed by atoms with E-state index in [2.05, 4.69) is 15.9 Å². The topological polar surface area (TPSA) is 119 Å². The van der Waals surface area contributed by atoms with E-state index in [0.29, 0.717) is 22.7 Å². The molecule has 3 amide bonds. The Morgan fingerprint density at radius 2 is 1.53 bits per heavy atom. The number of nitrogens with zero attached hydrogens (tertiary/aromatic N) is 3. The van der Waals surface area contributed by atoms with Crippen LogP contribution in [0.1, 0.15) is 32.3 Å². The molecule has 10 nitrogen and oxygen atoms in total. The molecule has 2 heterocycles. The van der Waals surface area contributed by atoms with Crippen LogP contribution in [0.25, 0.3) is 0 Å². The molecule has 182 valence electrons. The van der Waals surface area contributed by atoms with Gasteiger partial charge in [0.05, 0.1) is 36.3 Å². The highest BCUT2D eigenvalue weighted by atomic mass is 79.9. The zero-order valence-corrected chi connectivity index (χ0v) is 20.6. The number of carbonyl (C=O) groups is 3. The molecule has 0 spiro atoms. The van der Waals surface area contributed by atoms with E-state index in [1.54, 1.807) is 42.5 Å². The Bertz CT molecular complexity index is 1440. The lowest BCUT2D eigenvalue weighted by Crippen LogP contribution is -2.67. The van der Waals surface area contributed by atoms with Crippen molar-refractivity contribution in [3.05, 3.63) is 91.9 Å². The number of nitro benzene ring substituents is 1. The molecule has 0 N–H and O–H groups in total. The lowest BCUT2D eigenvalue weighted by atomic mass is 9.85. The smallest absolute Gasteiger partial charge is 0.270 e. The van der Waals surface area contributed by atoms with Gasteiger partial charge in [-0.05, 0) is 48.5 Å². The van der Waals surface area contributed by atoms with Gasteiger partial charge in [0.2, 0.25) is 0 Å². The third-order valence-corrected chi connectivity index (χ3v) is 6.85. The number of rotatable bonds is 6. The summed E-state index contributed by atoms with van der Waals surface area (Å²) in [7, 11) is 2.98. The summed E-state index contributed by atoms with van der Waals surface area (Å²) in [5.41, 5.74) is 0.671. The van der Waals surface area contributed by atoms with Crippen LogP contribution in [0.3, 0.4) is 0 Å². The van der Waals surface area contributed by atoms with Crippen molar-refractivity contribution >= 4 is 45.0 Å². The van der Waals surface area contributed by atoms with Crippen molar-refractivity contribution < 1.29 is 28.8 Å². The first-order chi connectivity index (χ1) is 17.3. The lowest BCUT2D eigenvalue weighted by molar-refractivity contribution is -0.384. The van der Waals surface area contributed by atoms with Crippen molar-refractivity contribution in [1.29, 1.82) is 0 Å². The normalized spacial score (nSPS) is 18.7. The minimum Gasteiger partial charge on any atom is -0.497 e. The number of halogens is 1. The van der Waals surface area contributed by atoms with E-state index in [1.807, 2.05) is 0 Å². The number of nitro groups is 1. The fourth-order valence-electron chi connectivity index (χ4n) is 4.61. The second-order valence-electron chi connectivity index (χ2n) is 8.15. The summed E-state index contributed by atoms with van der Waals surface area (Å²) < 4.78 is 11.7. The maximum Gasteiger partial charge on any atom is 0.270 e. The molecule has 0 aromatic heterocycles. The van der Waals surface area contributed by atoms with E-state index in [4.69, 9.17) is 9.47 Å². The highest BCUT2D eigenvalue weighted by Crippen LogP contribution is 2.47. The standard InChI is InChI=1S/C25H18BrN3O7/c1-35-16-8-10-20(36-2)19(12-16)21-22(25(32)27(21)14-5-3-13(26)4-6-14)28-23(30)17-9-7-15(29(33)34)11-18(17)24(28)31/h3-12,21-22H,1-2H3/t21-,22+/m0/s1. The summed E-state index contributed by atoms with van der Waals surface area (Å²) in [4.78, 5) is 53.2. The fraction of sp³-hybridized carbons (Fsp3) is 0.160. The van der Waals surface area contributed by atoms with E-state index >= 15 is 0 Å². The number of hydrogen-bond acceptors (Lipinski definition) is 7. The van der Waals surface area contributed by atoms with Gasteiger partial charge in [-0.3, -0.25) is 29.4 Å². The van der Waals surface area contributed by atoms with Crippen LogP contribution < -0.4 is 14.4 Å². The molecule has 2 atom stereocenters. The number of carbonyl (C=O) groups excluding carboxylic acids is 3. The summed E-state index contributed by atoms with van der Waals surface area (Å²) in [6.45, 7) is 0. The first-order valence-electron chi connectivity index (χ1n) is 10.7. The molecule has 2 aliphatic rings. The third-order valence-electron chi connectivity index (χ3n) is 6.32. The molecule has 0 aliphatic carbocycles. The van der Waals surface area contributed by atoms with Crippen LogP contribution in [-0.2, 0) is 4.79 Å². The Morgan fingerprint density at radius 1 is 0.833 bits per heavy atom. The number of methoxy groups -OCH3 is 2. The summed E-state index contributed by atoms with van der Waals surface area (Å²) in [5, 5.41) is 11.2. The number of imide groups is 1. The van der Waals surface area contributed by atoms with Gasteiger partial charge in [-0.15, -0.1) is 0 Å². The second-order valence-corrected chi connectivity index (χ2v) is 9.07. The van der Waals surface area contributed by atoms with Gasteiger partial charge in [0.1, 0.15) is 17.5 Å². The predicted octanol–water partition coefficient (Wildman–Crippen LogP) is 4.13. The molecule has 11 heteroatoms. The van der Waals surface area contributed by atoms with E-state index < -0.39 is 34.7 Å². The Kier molecular flexibility index (Phi) is 5.71. The molecule has 3 aromatic rings. The van der Waals surface area contributed by atoms with Crippen molar-refractivity contribution in [1.82, 2.24) is 4.90 Å². The van der Waals surface area contributed by atoms with Gasteiger partial charge in [0, 0.05) is 27.9 Å². The maximum absolute atomic E-state index is 13.6. The third kappa shape index (κ3) is 3.51. The van der Waals surface area contributed by atoms with Gasteiger partial charge in [-0.25, -0.2) is 0 Å². The van der Waals surface area contributed by atoms with Crippen molar-refractivity contribution in [2.45, 2.75) is 12.1 Å². The monoisotopic (exact) mass is 551 g/mol. The van der Waals surface area contributed by atoms with Crippen LogP contribution >= 0.6 is 15.9 Å². The number of ether oxygens (including phenoxy) is 2. The van der Waals surface area contributed by atoms with Crippen LogP contribution in [0.4, 0.5) is 11.4 Å². The Morgan fingerprint density at radius 3 is 2.17 bits per heavy atom. The minimum atomic E-state index is -1.19. The van der Waals surface area contributed by atoms with Gasteiger partial charge in [0.15, 0.2) is 0 Å². The summed E-state index contributed by atoms with van der Waals surface area (Å²) in [6, 6.07) is 13.6. The maximum atomic E-state index is 13.6. The molecule has 0 saturated carbocycles. The lowest BCUT2D eigenvalue weighted by Gasteiger charge is -2.50. The van der Waals surface area contributed by atoms with Crippen LogP contribution in [0.5, 0.6) is 11.5 Å². The number of benzene rings is 3. The highest BCUT2D eigenvalue weighted by Gasteiger charge is 2.58. The summed E-state index contributed by atoms with van der Waals surface area (Å²) in [5.74, 6) is -0.994. The highest BCUT2D eigenvalue weighted by molar-refractivity contribution is 9.10. The molecule has 1 saturated heterocycles. The fourth-order valence-corrected chi connectivity index (χ4v) is 4.87. The molecular weight excluding hydrogens is 534 g/mol. The molecule has 0 radical (unpaired) electrons. The molecule has 2 aliphatic heterocycles. The second kappa shape index (κ2) is 8.76. The molecule has 5 rings (SSSR count). The first-order valence-corrected chi connectivity index (χ1v) is 11.5. The van der Waals surface area contributed by atoms with Crippen LogP contribution in [0.2, 0.25) is 0 Å². The Labute approximate surface area is 213 Å². The van der Waals surface area contributed by atoms with Crippen molar-refractivity contribution in [2.24, 2.45) is 0 Å². The van der Waals surface area contributed by atoms with Crippen molar-refractivity contribution in [3.63, 3.8) is 0 Å². The molecule has 0 unspecified atom stereocenters. The van der Waals surface area contributed by atoms with E-state index in [1.165, 1.54) is 25.2 Å². The number of fused-ring (bicyclic) bond motifs is 1. The van der Waals surface area contributed by atoms with Crippen LogP contribution in [-0.4, -0.2) is 47.8 Å². The van der Waals surface area contributed by atoms with Gasteiger partial charge in [0.25, 0.3) is 23.4 Å². The van der Waals surface area contributed by atoms with Crippen LogP contribution in [0, 0.1) is 10.1 Å². The van der Waals surface area contributed by atoms with E-state index in [-0.39, 0.29) is 16.8 Å². The quantitative estimate of drug-likeness (QED) is 0.195. The number of non-ortho nitro benzene ring substituents is 1. The van der Waals surface area contributed by atoms with Gasteiger partial charge >= 0.3 is 0 Å². The number of hydrogen-bond donors (Lipinski definition) is 0. The van der Waals surface area contributed by atoms with Crippen molar-refractivity contribution in [3.8, 4) is 11.5 Å². The van der Waals surface area contributed by atoms with Crippen molar-refractivity contribution in [2.75, 3.05) is 19.1 Å². The number of amides is 3. The molecular formula is C25H18BrN3O7. The van der Waals surface area contributed by atoms with Gasteiger partial charge in [-0.1, -0.05) is 15.9 Å². The molecule has 36 heavy (non-hydrogen) atoms. The van der Waals surface area contributed by atoms with Crippen LogP contribution in [0.15, 0.2) is 65.1 Å². The first kappa shape index (κ1) is 23.5. The average Bonchev–Trinajstić information content (AvgIpc) is 3.12. The largest absolute Gasteiger partial charge is 0.497 e. The summed E-state index contributed by atoms with van der Waals surface area (Å²) >= 11 is 3.38. The van der Waals surface area contributed by atoms with Gasteiger partial charge < -0.3 is 14.4 Å². The Hall–Kier alpha value is -4.25. The Balaban J connectivity index is 1.63. The number of β-lactam (4-membered cyclic amide) rings is 1. The number of anilines is 1. The van der Waals surface area contributed by atoms with E-state index in [0.717, 1.165) is 21.5 Å². The predicted molar refractivity (Wildman–Crippen MR) is 131 cm³/mol. The minimum absolute atomic E-state index is 0.0110. The zero-order chi connectivity index (χ0) is 25.7. The molecule has 0 bridgehead atoms. The van der Waals surface area contributed by atoms with E-state index in [9.17, 15) is 24.5 Å². The van der Waals surface area contributed by atoms with Gasteiger partial charge in [-0.2, -0.15) is 0 Å². The summed E-state index contributed by atoms with van der Waals surface area (Å²) in [6.07, 6.45) is 0.